The molecule has 2 aromatic carbocycles. The molecule has 4 unspecified atom stereocenters. The molecular formula is C24H20F6O6S2. The molecule has 2 saturated carbocycles. The molecule has 0 N–H and O–H groups in total. The van der Waals surface area contributed by atoms with Crippen LogP contribution < -0.4 is 8.37 Å². The summed E-state index contributed by atoms with van der Waals surface area (Å²) < 4.78 is 134. The lowest BCUT2D eigenvalue weighted by Gasteiger charge is -2.26. The first-order valence-corrected chi connectivity index (χ1v) is 14.8. The van der Waals surface area contributed by atoms with Crippen LogP contribution in [0.25, 0.3) is 11.1 Å². The van der Waals surface area contributed by atoms with Gasteiger partial charge in [-0.3, -0.25) is 0 Å². The van der Waals surface area contributed by atoms with E-state index in [1.54, 1.807) is 0 Å². The highest BCUT2D eigenvalue weighted by molar-refractivity contribution is 7.88. The molecule has 0 heterocycles. The molecule has 38 heavy (non-hydrogen) atoms. The molecule has 0 aliphatic heterocycles. The molecule has 6 nitrogen and oxygen atoms in total. The minimum Gasteiger partial charge on any atom is -0.376 e. The first kappa shape index (κ1) is 25.8. The number of hydrogen-bond acceptors (Lipinski definition) is 6. The molecule has 4 bridgehead atoms. The van der Waals surface area contributed by atoms with E-state index >= 15 is 0 Å². The first-order chi connectivity index (χ1) is 17.6. The number of hydrogen-bond donors (Lipinski definition) is 0. The zero-order valence-electron chi connectivity index (χ0n) is 19.4. The maximum absolute atomic E-state index is 13.0. The van der Waals surface area contributed by atoms with Gasteiger partial charge in [-0.2, -0.15) is 43.2 Å². The molecule has 2 fully saturated rings. The first-order valence-electron chi connectivity index (χ1n) is 11.9. The van der Waals surface area contributed by atoms with Gasteiger partial charge >= 0.3 is 31.3 Å². The molecule has 4 aliphatic rings. The zero-order valence-corrected chi connectivity index (χ0v) is 21.0. The van der Waals surface area contributed by atoms with E-state index in [2.05, 4.69) is 8.37 Å². The lowest BCUT2D eigenvalue weighted by Crippen LogP contribution is -2.28. The van der Waals surface area contributed by atoms with Crippen LogP contribution >= 0.6 is 0 Å². The van der Waals surface area contributed by atoms with Gasteiger partial charge in [0.15, 0.2) is 0 Å². The predicted octanol–water partition coefficient (Wildman–Crippen LogP) is 6.54. The van der Waals surface area contributed by atoms with Crippen molar-refractivity contribution in [1.82, 2.24) is 0 Å². The topological polar surface area (TPSA) is 86.7 Å². The molecule has 0 aromatic heterocycles. The van der Waals surface area contributed by atoms with Crippen molar-refractivity contribution < 1.29 is 51.5 Å². The van der Waals surface area contributed by atoms with Gasteiger partial charge in [0.1, 0.15) is 11.5 Å². The molecule has 6 rings (SSSR count). The largest absolute Gasteiger partial charge is 0.534 e. The third-order valence-corrected chi connectivity index (χ3v) is 10.2. The summed E-state index contributed by atoms with van der Waals surface area (Å²) in [5.74, 6) is -1.20. The van der Waals surface area contributed by atoms with Crippen LogP contribution in [-0.2, 0) is 20.2 Å². The van der Waals surface area contributed by atoms with Crippen LogP contribution in [0.5, 0.6) is 11.5 Å². The predicted molar refractivity (Wildman–Crippen MR) is 122 cm³/mol. The van der Waals surface area contributed by atoms with Crippen molar-refractivity contribution in [3.05, 3.63) is 46.5 Å². The molecule has 206 valence electrons. The van der Waals surface area contributed by atoms with Crippen LogP contribution in [0.2, 0.25) is 0 Å². The Hall–Kier alpha value is -2.48. The summed E-state index contributed by atoms with van der Waals surface area (Å²) in [7, 11) is -11.8. The Kier molecular flexibility index (Phi) is 5.44. The van der Waals surface area contributed by atoms with Gasteiger partial charge in [-0.15, -0.1) is 0 Å². The van der Waals surface area contributed by atoms with Crippen molar-refractivity contribution in [2.24, 2.45) is 0 Å². The summed E-state index contributed by atoms with van der Waals surface area (Å²) >= 11 is 0. The van der Waals surface area contributed by atoms with Crippen LogP contribution in [0, 0.1) is 0 Å². The standard InChI is InChI=1S/C24H20F6O6S2/c25-23(26,27)37(31,32)35-17-7-5-15(19-11-1-3-13(9-11)21(17)19)16-6-8-18(36-38(33,34)24(28,29)30)22-14-4-2-12(10-14)20(16)22/h5-8,11-14H,1-4,9-10H2. The van der Waals surface area contributed by atoms with Crippen LogP contribution in [0.1, 0.15) is 84.5 Å². The monoisotopic (exact) mass is 582 g/mol. The third-order valence-electron chi connectivity index (χ3n) is 8.25. The fourth-order valence-electron chi connectivity index (χ4n) is 6.91. The van der Waals surface area contributed by atoms with Gasteiger partial charge in [0.05, 0.1) is 0 Å². The van der Waals surface area contributed by atoms with Crippen molar-refractivity contribution in [2.45, 2.75) is 73.2 Å². The van der Waals surface area contributed by atoms with E-state index in [4.69, 9.17) is 0 Å². The number of fused-ring (bicyclic) bond motifs is 10. The fraction of sp³-hybridized carbons (Fsp3) is 0.500. The molecule has 14 heteroatoms. The summed E-state index contributed by atoms with van der Waals surface area (Å²) in [5.41, 5.74) is -7.75. The molecule has 2 aromatic rings. The highest BCUT2D eigenvalue weighted by atomic mass is 32.2. The van der Waals surface area contributed by atoms with Crippen LogP contribution in [-0.4, -0.2) is 27.9 Å². The number of benzene rings is 2. The second-order valence-electron chi connectivity index (χ2n) is 10.3. The van der Waals surface area contributed by atoms with Gasteiger partial charge in [-0.25, -0.2) is 0 Å². The van der Waals surface area contributed by atoms with Crippen molar-refractivity contribution in [2.75, 3.05) is 0 Å². The smallest absolute Gasteiger partial charge is 0.376 e. The van der Waals surface area contributed by atoms with E-state index in [9.17, 15) is 43.2 Å². The maximum Gasteiger partial charge on any atom is 0.534 e. The average Bonchev–Trinajstić information content (AvgIpc) is 3.59. The van der Waals surface area contributed by atoms with E-state index < -0.39 is 31.3 Å². The molecule has 0 spiro atoms. The Bertz CT molecular complexity index is 1440. The normalized spacial score (nSPS) is 25.9. The lowest BCUT2D eigenvalue weighted by molar-refractivity contribution is -0.0505. The Labute approximate surface area is 214 Å². The van der Waals surface area contributed by atoms with Crippen LogP contribution in [0.15, 0.2) is 24.3 Å². The van der Waals surface area contributed by atoms with E-state index in [0.717, 1.165) is 12.8 Å². The van der Waals surface area contributed by atoms with Gasteiger partial charge in [0.2, 0.25) is 0 Å². The Morgan fingerprint density at radius 1 is 0.553 bits per heavy atom. The average molecular weight is 583 g/mol. The molecule has 0 saturated heterocycles. The molecule has 4 atom stereocenters. The van der Waals surface area contributed by atoms with Gasteiger partial charge in [0.25, 0.3) is 0 Å². The highest BCUT2D eigenvalue weighted by Crippen LogP contribution is 2.62. The molecule has 0 amide bonds. The lowest BCUT2D eigenvalue weighted by atomic mass is 9.80. The van der Waals surface area contributed by atoms with E-state index in [-0.39, 0.29) is 35.2 Å². The Morgan fingerprint density at radius 2 is 0.868 bits per heavy atom. The Balaban J connectivity index is 1.50. The van der Waals surface area contributed by atoms with Crippen molar-refractivity contribution in [3.8, 4) is 22.6 Å². The van der Waals surface area contributed by atoms with Crippen LogP contribution in [0.4, 0.5) is 26.3 Å². The summed E-state index contributed by atoms with van der Waals surface area (Å²) in [6.07, 6.45) is 4.06. The summed E-state index contributed by atoms with van der Waals surface area (Å²) in [5, 5.41) is 0. The number of rotatable bonds is 5. The summed E-state index contributed by atoms with van der Waals surface area (Å²) in [4.78, 5) is 0. The van der Waals surface area contributed by atoms with Gasteiger partial charge in [0, 0.05) is 11.1 Å². The minimum absolute atomic E-state index is 0.0436. The highest BCUT2D eigenvalue weighted by Gasteiger charge is 2.52. The second-order valence-corrected chi connectivity index (χ2v) is 13.3. The number of halogens is 6. The SMILES string of the molecule is O=S(=O)(Oc1ccc(-c2ccc(OS(=O)(=O)C(F)(F)F)c3c2C2CCC3C2)c2c1C1CCC2C1)C(F)(F)F. The maximum atomic E-state index is 13.0. The van der Waals surface area contributed by atoms with Gasteiger partial charge < -0.3 is 8.37 Å². The number of alkyl halides is 6. The Morgan fingerprint density at radius 3 is 1.18 bits per heavy atom. The zero-order chi connectivity index (χ0) is 27.4. The fourth-order valence-corrected chi connectivity index (χ4v) is 7.86. The van der Waals surface area contributed by atoms with Crippen molar-refractivity contribution in [3.63, 3.8) is 0 Å². The molecular weight excluding hydrogens is 562 g/mol. The van der Waals surface area contributed by atoms with Gasteiger partial charge in [-0.05, 0) is 96.6 Å². The second kappa shape index (κ2) is 8.03. The third kappa shape index (κ3) is 3.73. The van der Waals surface area contributed by atoms with E-state index in [0.29, 0.717) is 59.1 Å². The minimum atomic E-state index is -5.88. The summed E-state index contributed by atoms with van der Waals surface area (Å²) in [6.45, 7) is 0. The van der Waals surface area contributed by atoms with Crippen molar-refractivity contribution in [1.29, 1.82) is 0 Å². The molecule has 4 aliphatic carbocycles. The van der Waals surface area contributed by atoms with Crippen molar-refractivity contribution >= 4 is 20.2 Å². The quantitative estimate of drug-likeness (QED) is 0.226. The molecule has 0 radical (unpaired) electrons. The van der Waals surface area contributed by atoms with Crippen LogP contribution in [0.3, 0.4) is 0 Å². The van der Waals surface area contributed by atoms with E-state index in [1.165, 1.54) is 24.3 Å². The van der Waals surface area contributed by atoms with E-state index in [1.807, 2.05) is 0 Å². The summed E-state index contributed by atoms with van der Waals surface area (Å²) in [6, 6.07) is 5.34. The van der Waals surface area contributed by atoms with Gasteiger partial charge in [-0.1, -0.05) is 12.1 Å².